The summed E-state index contributed by atoms with van der Waals surface area (Å²) in [6.45, 7) is 2.17. The monoisotopic (exact) mass is 291 g/mol. The van der Waals surface area contributed by atoms with Crippen LogP contribution in [0.4, 0.5) is 0 Å². The van der Waals surface area contributed by atoms with Crippen LogP contribution in [0.5, 0.6) is 5.75 Å². The smallest absolute Gasteiger partial charge is 0.195 e. The van der Waals surface area contributed by atoms with Crippen molar-refractivity contribution >= 4 is 18.0 Å². The van der Waals surface area contributed by atoms with Gasteiger partial charge in [-0.05, 0) is 24.8 Å². The van der Waals surface area contributed by atoms with Crippen LogP contribution in [0.2, 0.25) is 0 Å². The minimum atomic E-state index is 0.0584. The number of hydrogen-bond acceptors (Lipinski definition) is 5. The van der Waals surface area contributed by atoms with E-state index in [0.717, 1.165) is 35.8 Å². The normalized spacial score (nSPS) is 10.5. The first kappa shape index (κ1) is 14.6. The SMILES string of the molecule is CCCc1nnc(SC)n1-c1cccc(OCC=O)c1. The number of ether oxygens (including phenoxy) is 1. The van der Waals surface area contributed by atoms with Crippen molar-refractivity contribution in [2.45, 2.75) is 24.9 Å². The van der Waals surface area contributed by atoms with Crippen molar-refractivity contribution in [1.82, 2.24) is 14.8 Å². The first-order valence-electron chi connectivity index (χ1n) is 6.45. The molecule has 0 saturated carbocycles. The predicted molar refractivity (Wildman–Crippen MR) is 78.7 cm³/mol. The summed E-state index contributed by atoms with van der Waals surface area (Å²) in [6.07, 6.45) is 4.59. The van der Waals surface area contributed by atoms with Crippen LogP contribution in [0.25, 0.3) is 5.69 Å². The van der Waals surface area contributed by atoms with E-state index in [2.05, 4.69) is 17.1 Å². The van der Waals surface area contributed by atoms with Crippen LogP contribution in [-0.4, -0.2) is 33.9 Å². The van der Waals surface area contributed by atoms with Crippen molar-refractivity contribution in [2.24, 2.45) is 0 Å². The molecule has 0 N–H and O–H groups in total. The van der Waals surface area contributed by atoms with E-state index in [1.54, 1.807) is 11.8 Å². The molecule has 5 nitrogen and oxygen atoms in total. The summed E-state index contributed by atoms with van der Waals surface area (Å²) in [5.41, 5.74) is 0.950. The lowest BCUT2D eigenvalue weighted by Gasteiger charge is -2.10. The number of aromatic nitrogens is 3. The first-order valence-corrected chi connectivity index (χ1v) is 7.67. The molecule has 1 heterocycles. The van der Waals surface area contributed by atoms with Crippen molar-refractivity contribution in [2.75, 3.05) is 12.9 Å². The van der Waals surface area contributed by atoms with Gasteiger partial charge < -0.3 is 4.74 Å². The Labute approximate surface area is 122 Å². The zero-order valence-electron chi connectivity index (χ0n) is 11.6. The number of thioether (sulfide) groups is 1. The molecule has 0 aliphatic rings. The Kier molecular flexibility index (Phi) is 5.17. The fraction of sp³-hybridized carbons (Fsp3) is 0.357. The molecule has 1 aromatic carbocycles. The number of nitrogens with zero attached hydrogens (tertiary/aromatic N) is 3. The van der Waals surface area contributed by atoms with Gasteiger partial charge in [-0.1, -0.05) is 24.8 Å². The average molecular weight is 291 g/mol. The lowest BCUT2D eigenvalue weighted by atomic mass is 10.2. The summed E-state index contributed by atoms with van der Waals surface area (Å²) in [4.78, 5) is 10.4. The highest BCUT2D eigenvalue weighted by atomic mass is 32.2. The first-order chi connectivity index (χ1) is 9.80. The van der Waals surface area contributed by atoms with Gasteiger partial charge in [-0.15, -0.1) is 10.2 Å². The van der Waals surface area contributed by atoms with E-state index in [0.29, 0.717) is 5.75 Å². The minimum Gasteiger partial charge on any atom is -0.486 e. The number of benzene rings is 1. The maximum Gasteiger partial charge on any atom is 0.195 e. The molecule has 0 fully saturated rings. The van der Waals surface area contributed by atoms with E-state index < -0.39 is 0 Å². The number of aryl methyl sites for hydroxylation is 1. The van der Waals surface area contributed by atoms with Crippen molar-refractivity contribution in [1.29, 1.82) is 0 Å². The number of rotatable bonds is 7. The zero-order chi connectivity index (χ0) is 14.4. The highest BCUT2D eigenvalue weighted by molar-refractivity contribution is 7.98. The van der Waals surface area contributed by atoms with Crippen LogP contribution >= 0.6 is 11.8 Å². The molecule has 0 unspecified atom stereocenters. The fourth-order valence-corrected chi connectivity index (χ4v) is 2.44. The van der Waals surface area contributed by atoms with Crippen molar-refractivity contribution < 1.29 is 9.53 Å². The molecule has 0 amide bonds. The molecule has 106 valence electrons. The summed E-state index contributed by atoms with van der Waals surface area (Å²) in [5, 5.41) is 9.29. The van der Waals surface area contributed by atoms with Crippen molar-refractivity contribution in [3.8, 4) is 11.4 Å². The second-order valence-electron chi connectivity index (χ2n) is 4.16. The molecule has 20 heavy (non-hydrogen) atoms. The lowest BCUT2D eigenvalue weighted by molar-refractivity contribution is -0.109. The maximum atomic E-state index is 10.4. The predicted octanol–water partition coefficient (Wildman–Crippen LogP) is 2.52. The van der Waals surface area contributed by atoms with E-state index in [-0.39, 0.29) is 6.61 Å². The largest absolute Gasteiger partial charge is 0.486 e. The standard InChI is InChI=1S/C14H17N3O2S/c1-3-5-13-15-16-14(20-2)17(13)11-6-4-7-12(10-11)19-9-8-18/h4,6-8,10H,3,5,9H2,1-2H3. The van der Waals surface area contributed by atoms with Crippen LogP contribution in [0.15, 0.2) is 29.4 Å². The van der Waals surface area contributed by atoms with Gasteiger partial charge >= 0.3 is 0 Å². The van der Waals surface area contributed by atoms with Crippen LogP contribution in [-0.2, 0) is 11.2 Å². The molecule has 2 rings (SSSR count). The quantitative estimate of drug-likeness (QED) is 0.579. The van der Waals surface area contributed by atoms with Crippen LogP contribution < -0.4 is 4.74 Å². The number of hydrogen-bond donors (Lipinski definition) is 0. The summed E-state index contributed by atoms with van der Waals surface area (Å²) in [6, 6.07) is 7.60. The molecule has 0 aliphatic carbocycles. The third-order valence-electron chi connectivity index (χ3n) is 2.75. The summed E-state index contributed by atoms with van der Waals surface area (Å²) >= 11 is 1.55. The second kappa shape index (κ2) is 7.09. The molecule has 0 spiro atoms. The van der Waals surface area contributed by atoms with Gasteiger partial charge in [0.25, 0.3) is 0 Å². The Morgan fingerprint density at radius 3 is 2.95 bits per heavy atom. The van der Waals surface area contributed by atoms with Crippen LogP contribution in [0.3, 0.4) is 0 Å². The van der Waals surface area contributed by atoms with E-state index in [4.69, 9.17) is 4.74 Å². The molecule has 0 bridgehead atoms. The average Bonchev–Trinajstić information content (AvgIpc) is 2.88. The number of carbonyl (C=O) groups excluding carboxylic acids is 1. The fourth-order valence-electron chi connectivity index (χ4n) is 1.92. The van der Waals surface area contributed by atoms with Gasteiger partial charge in [0.15, 0.2) is 11.4 Å². The summed E-state index contributed by atoms with van der Waals surface area (Å²) < 4.78 is 7.37. The van der Waals surface area contributed by atoms with Crippen LogP contribution in [0, 0.1) is 0 Å². The van der Waals surface area contributed by atoms with Gasteiger partial charge in [0, 0.05) is 12.5 Å². The summed E-state index contributed by atoms with van der Waals surface area (Å²) in [5.74, 6) is 1.60. The Hall–Kier alpha value is -1.82. The molecule has 0 radical (unpaired) electrons. The van der Waals surface area contributed by atoms with Gasteiger partial charge in [0.2, 0.25) is 0 Å². The van der Waals surface area contributed by atoms with Crippen molar-refractivity contribution in [3.63, 3.8) is 0 Å². The highest BCUT2D eigenvalue weighted by Crippen LogP contribution is 2.23. The van der Waals surface area contributed by atoms with E-state index >= 15 is 0 Å². The van der Waals surface area contributed by atoms with Crippen LogP contribution in [0.1, 0.15) is 19.2 Å². The Morgan fingerprint density at radius 2 is 2.25 bits per heavy atom. The number of aldehydes is 1. The molecular formula is C14H17N3O2S. The summed E-state index contributed by atoms with van der Waals surface area (Å²) in [7, 11) is 0. The maximum absolute atomic E-state index is 10.4. The molecular weight excluding hydrogens is 274 g/mol. The third-order valence-corrected chi connectivity index (χ3v) is 3.38. The minimum absolute atomic E-state index is 0.0584. The van der Waals surface area contributed by atoms with E-state index in [1.165, 1.54) is 0 Å². The zero-order valence-corrected chi connectivity index (χ0v) is 12.4. The molecule has 1 aromatic heterocycles. The molecule has 0 atom stereocenters. The Morgan fingerprint density at radius 1 is 1.40 bits per heavy atom. The second-order valence-corrected chi connectivity index (χ2v) is 4.94. The topological polar surface area (TPSA) is 57.0 Å². The van der Waals surface area contributed by atoms with E-state index in [9.17, 15) is 4.79 Å². The van der Waals surface area contributed by atoms with Gasteiger partial charge in [0.05, 0.1) is 5.69 Å². The van der Waals surface area contributed by atoms with E-state index in [1.807, 2.05) is 35.1 Å². The molecule has 2 aromatic rings. The molecule has 0 aliphatic heterocycles. The Balaban J connectivity index is 2.39. The van der Waals surface area contributed by atoms with Gasteiger partial charge in [-0.25, -0.2) is 0 Å². The third kappa shape index (κ3) is 3.19. The van der Waals surface area contributed by atoms with Gasteiger partial charge in [0.1, 0.15) is 18.2 Å². The molecule has 6 heteroatoms. The van der Waals surface area contributed by atoms with Gasteiger partial charge in [-0.3, -0.25) is 9.36 Å². The van der Waals surface area contributed by atoms with Crippen molar-refractivity contribution in [3.05, 3.63) is 30.1 Å². The van der Waals surface area contributed by atoms with Gasteiger partial charge in [-0.2, -0.15) is 0 Å². The molecule has 0 saturated heterocycles. The Bertz CT molecular complexity index is 584. The highest BCUT2D eigenvalue weighted by Gasteiger charge is 2.13. The number of carbonyl (C=O) groups is 1. The lowest BCUT2D eigenvalue weighted by Crippen LogP contribution is -2.04.